The van der Waals surface area contributed by atoms with Gasteiger partial charge in [0.15, 0.2) is 16.6 Å². The largest absolute Gasteiger partial charge is 0.465 e. The molecule has 5 aliphatic carbocycles. The monoisotopic (exact) mass is 746 g/mol. The lowest BCUT2D eigenvalue weighted by molar-refractivity contribution is -0.150. The highest BCUT2D eigenvalue weighted by atomic mass is 28.4. The smallest absolute Gasteiger partial charge is 0.308 e. The Morgan fingerprint density at radius 1 is 0.569 bits per heavy atom. The molecule has 3 saturated heterocycles. The fourth-order valence-corrected chi connectivity index (χ4v) is 19.3. The van der Waals surface area contributed by atoms with Crippen LogP contribution in [0.3, 0.4) is 0 Å². The Labute approximate surface area is 310 Å². The molecule has 0 N–H and O–H groups in total. The van der Waals surface area contributed by atoms with Gasteiger partial charge in [0.05, 0.1) is 55.8 Å². The highest BCUT2D eigenvalue weighted by molar-refractivity contribution is 6.84. The van der Waals surface area contributed by atoms with Crippen LogP contribution in [0.5, 0.6) is 0 Å². The number of hydrogen-bond donors (Lipinski definition) is 0. The van der Waals surface area contributed by atoms with Crippen LogP contribution in [0.15, 0.2) is 0 Å². The molecular weight excluding hydrogens is 677 g/mol. The van der Waals surface area contributed by atoms with Crippen molar-refractivity contribution in [3.8, 4) is 0 Å². The summed E-state index contributed by atoms with van der Waals surface area (Å²) in [6.07, 6.45) is 25.1. The molecule has 8 rings (SSSR count). The van der Waals surface area contributed by atoms with Gasteiger partial charge in [-0.25, -0.2) is 0 Å². The lowest BCUT2D eigenvalue weighted by Crippen LogP contribution is -2.44. The van der Waals surface area contributed by atoms with E-state index >= 15 is 0 Å². The van der Waals surface area contributed by atoms with Crippen LogP contribution in [0, 0.1) is 35.5 Å². The van der Waals surface area contributed by atoms with Crippen molar-refractivity contribution in [3.63, 3.8) is 0 Å². The zero-order valence-electron chi connectivity index (χ0n) is 32.5. The van der Waals surface area contributed by atoms with Gasteiger partial charge in [0.25, 0.3) is 0 Å². The molecule has 8 nitrogen and oxygen atoms in total. The SMILES string of the molecule is C[Si](C)(CCC1CCC2OC2C1)O[Si](C)(C)CCC1CCC2OC2C1.O=C(CCCCCOC(=O)C1CCC2CC2C1)OCC1CCC2OC2C1. The minimum absolute atomic E-state index is 0.00382. The number of ether oxygens (including phenoxy) is 5. The van der Waals surface area contributed by atoms with Gasteiger partial charge in [-0.05, 0) is 171 Å². The Balaban J connectivity index is 0.000000159. The molecule has 0 bridgehead atoms. The maximum absolute atomic E-state index is 12.1. The highest BCUT2D eigenvalue weighted by Crippen LogP contribution is 2.51. The fraction of sp³-hybridized carbons (Fsp3) is 0.951. The first-order valence-corrected chi connectivity index (χ1v) is 27.7. The molecule has 3 aliphatic heterocycles. The average molecular weight is 747 g/mol. The molecule has 0 aromatic carbocycles. The van der Waals surface area contributed by atoms with Gasteiger partial charge in [-0.1, -0.05) is 12.8 Å². The predicted molar refractivity (Wildman–Crippen MR) is 202 cm³/mol. The molecule has 290 valence electrons. The number of fused-ring (bicyclic) bond motifs is 4. The van der Waals surface area contributed by atoms with Gasteiger partial charge in [-0.15, -0.1) is 0 Å². The summed E-state index contributed by atoms with van der Waals surface area (Å²) in [4.78, 5) is 23.9. The van der Waals surface area contributed by atoms with E-state index in [9.17, 15) is 9.59 Å². The summed E-state index contributed by atoms with van der Waals surface area (Å²) in [6.45, 7) is 10.9. The zero-order chi connectivity index (χ0) is 35.6. The first-order chi connectivity index (χ1) is 24.5. The number of hydrogen-bond acceptors (Lipinski definition) is 8. The van der Waals surface area contributed by atoms with Crippen LogP contribution in [-0.4, -0.2) is 78.4 Å². The Morgan fingerprint density at radius 2 is 1.14 bits per heavy atom. The van der Waals surface area contributed by atoms with Crippen molar-refractivity contribution in [2.75, 3.05) is 13.2 Å². The van der Waals surface area contributed by atoms with Crippen LogP contribution in [0.2, 0.25) is 38.3 Å². The van der Waals surface area contributed by atoms with Crippen molar-refractivity contribution in [3.05, 3.63) is 0 Å². The summed E-state index contributed by atoms with van der Waals surface area (Å²) in [5, 5.41) is 0. The number of carbonyl (C=O) groups excluding carboxylic acids is 2. The summed E-state index contributed by atoms with van der Waals surface area (Å²) in [5.41, 5.74) is 0. The topological polar surface area (TPSA) is 99.4 Å². The maximum atomic E-state index is 12.1. The summed E-state index contributed by atoms with van der Waals surface area (Å²) >= 11 is 0. The van der Waals surface area contributed by atoms with Crippen molar-refractivity contribution in [2.45, 2.75) is 197 Å². The molecule has 51 heavy (non-hydrogen) atoms. The third kappa shape index (κ3) is 12.1. The van der Waals surface area contributed by atoms with E-state index in [1.54, 1.807) is 0 Å². The molecule has 0 radical (unpaired) electrons. The minimum Gasteiger partial charge on any atom is -0.465 e. The van der Waals surface area contributed by atoms with Crippen molar-refractivity contribution < 1.29 is 37.4 Å². The van der Waals surface area contributed by atoms with Crippen molar-refractivity contribution >= 4 is 28.6 Å². The second-order valence-electron chi connectivity index (χ2n) is 19.3. The third-order valence-electron chi connectivity index (χ3n) is 13.8. The van der Waals surface area contributed by atoms with Gasteiger partial charge in [0.2, 0.25) is 0 Å². The molecule has 5 saturated carbocycles. The van der Waals surface area contributed by atoms with Crippen LogP contribution in [0.25, 0.3) is 0 Å². The molecule has 12 unspecified atom stereocenters. The fourth-order valence-electron chi connectivity index (χ4n) is 10.3. The Hall–Kier alpha value is -0.786. The molecule has 0 aromatic rings. The van der Waals surface area contributed by atoms with E-state index in [2.05, 4.69) is 26.2 Å². The normalized spacial score (nSPS) is 38.7. The molecule has 0 amide bonds. The van der Waals surface area contributed by atoms with Gasteiger partial charge in [-0.2, -0.15) is 0 Å². The van der Waals surface area contributed by atoms with Crippen LogP contribution in [-0.2, 0) is 37.4 Å². The van der Waals surface area contributed by atoms with Crippen LogP contribution >= 0.6 is 0 Å². The molecule has 0 aromatic heterocycles. The van der Waals surface area contributed by atoms with E-state index < -0.39 is 16.6 Å². The molecule has 12 atom stereocenters. The van der Waals surface area contributed by atoms with Crippen LogP contribution < -0.4 is 0 Å². The Morgan fingerprint density at radius 3 is 1.71 bits per heavy atom. The number of carbonyl (C=O) groups is 2. The lowest BCUT2D eigenvalue weighted by Gasteiger charge is -2.36. The van der Waals surface area contributed by atoms with E-state index in [1.165, 1.54) is 76.3 Å². The summed E-state index contributed by atoms with van der Waals surface area (Å²) < 4.78 is 34.6. The van der Waals surface area contributed by atoms with Crippen molar-refractivity contribution in [2.24, 2.45) is 35.5 Å². The number of unbranched alkanes of at least 4 members (excludes halogenated alkanes) is 2. The number of esters is 2. The van der Waals surface area contributed by atoms with Gasteiger partial charge < -0.3 is 27.8 Å². The van der Waals surface area contributed by atoms with Crippen LogP contribution in [0.4, 0.5) is 0 Å². The maximum Gasteiger partial charge on any atom is 0.308 e. The van der Waals surface area contributed by atoms with Crippen molar-refractivity contribution in [1.29, 1.82) is 0 Å². The predicted octanol–water partition coefficient (Wildman–Crippen LogP) is 8.97. The quantitative estimate of drug-likeness (QED) is 0.0630. The molecule has 3 heterocycles. The second kappa shape index (κ2) is 16.9. The second-order valence-corrected chi connectivity index (χ2v) is 28.2. The van der Waals surface area contributed by atoms with Crippen LogP contribution in [0.1, 0.15) is 122 Å². The first-order valence-electron chi connectivity index (χ1n) is 21.5. The number of rotatable bonds is 17. The molecular formula is C41H70O8Si2. The van der Waals surface area contributed by atoms with E-state index in [0.717, 1.165) is 75.0 Å². The minimum atomic E-state index is -1.53. The number of epoxide rings is 3. The van der Waals surface area contributed by atoms with Gasteiger partial charge in [-0.3, -0.25) is 9.59 Å². The van der Waals surface area contributed by atoms with Gasteiger partial charge in [0, 0.05) is 6.42 Å². The summed E-state index contributed by atoms with van der Waals surface area (Å²) in [5.74, 6) is 4.05. The van der Waals surface area contributed by atoms with E-state index in [1.807, 2.05) is 0 Å². The third-order valence-corrected chi connectivity index (χ3v) is 21.2. The summed E-state index contributed by atoms with van der Waals surface area (Å²) in [7, 11) is -3.05. The molecule has 0 spiro atoms. The van der Waals surface area contributed by atoms with Gasteiger partial charge >= 0.3 is 11.9 Å². The molecule has 10 heteroatoms. The lowest BCUT2D eigenvalue weighted by atomic mass is 9.88. The molecule has 8 fully saturated rings. The molecule has 8 aliphatic rings. The first kappa shape index (κ1) is 38.5. The Bertz CT molecular complexity index is 1140. The highest BCUT2D eigenvalue weighted by Gasteiger charge is 2.47. The summed E-state index contributed by atoms with van der Waals surface area (Å²) in [6, 6.07) is 2.68. The standard InChI is InChI=1S/C21H32O5.C20H38O3Si2/c22-20(25-13-14-5-8-18-19(10-14)26-18)4-2-1-3-9-24-21(23)16-7-6-15-11-17(15)12-16;1-24(2,11-9-15-5-7-17-19(13-15)21-17)23-25(3,4)12-10-16-6-8-18-20(14-16)22-18/h14-19H,1-13H2;15-20H,5-14H2,1-4H3. The Kier molecular flexibility index (Phi) is 12.8. The van der Waals surface area contributed by atoms with Crippen molar-refractivity contribution in [1.82, 2.24) is 0 Å². The average Bonchev–Trinajstić information content (AvgIpc) is 3.92. The van der Waals surface area contributed by atoms with E-state index in [0.29, 0.717) is 62.2 Å². The van der Waals surface area contributed by atoms with E-state index in [-0.39, 0.29) is 17.9 Å². The van der Waals surface area contributed by atoms with Gasteiger partial charge in [0.1, 0.15) is 0 Å². The zero-order valence-corrected chi connectivity index (χ0v) is 34.5. The van der Waals surface area contributed by atoms with E-state index in [4.69, 9.17) is 27.8 Å².